The molecule has 1 heterocycles. The SMILES string of the molecule is C=CCNc1nc(C)cn1CC(C)(C)CCCCC. The molecule has 0 radical (unpaired) electrons. The third-order valence-corrected chi connectivity index (χ3v) is 3.36. The monoisotopic (exact) mass is 263 g/mol. The van der Waals surface area contributed by atoms with Crippen LogP contribution in [0.15, 0.2) is 18.9 Å². The number of hydrogen-bond acceptors (Lipinski definition) is 2. The highest BCUT2D eigenvalue weighted by atomic mass is 15.2. The van der Waals surface area contributed by atoms with Gasteiger partial charge in [-0.1, -0.05) is 46.1 Å². The standard InChI is InChI=1S/C16H29N3/c1-6-8-9-10-16(4,5)13-19-12-14(3)18-15(19)17-11-7-2/h7,12H,2,6,8-11,13H2,1,3-5H3,(H,17,18). The van der Waals surface area contributed by atoms with E-state index in [1.54, 1.807) is 0 Å². The van der Waals surface area contributed by atoms with Gasteiger partial charge >= 0.3 is 0 Å². The molecular weight excluding hydrogens is 234 g/mol. The number of nitrogens with zero attached hydrogens (tertiary/aromatic N) is 2. The Morgan fingerprint density at radius 2 is 2.16 bits per heavy atom. The first-order valence-electron chi connectivity index (χ1n) is 7.37. The number of anilines is 1. The molecule has 0 spiro atoms. The van der Waals surface area contributed by atoms with Crippen LogP contribution in [-0.2, 0) is 6.54 Å². The van der Waals surface area contributed by atoms with Crippen LogP contribution in [0.4, 0.5) is 5.95 Å². The molecule has 0 saturated heterocycles. The van der Waals surface area contributed by atoms with Gasteiger partial charge in [0.25, 0.3) is 0 Å². The Morgan fingerprint density at radius 1 is 1.42 bits per heavy atom. The van der Waals surface area contributed by atoms with Gasteiger partial charge < -0.3 is 9.88 Å². The Labute approximate surface area is 118 Å². The molecular formula is C16H29N3. The molecule has 19 heavy (non-hydrogen) atoms. The van der Waals surface area contributed by atoms with Crippen LogP contribution in [0.3, 0.4) is 0 Å². The van der Waals surface area contributed by atoms with E-state index < -0.39 is 0 Å². The first kappa shape index (κ1) is 15.8. The van der Waals surface area contributed by atoms with Gasteiger partial charge in [0.15, 0.2) is 0 Å². The topological polar surface area (TPSA) is 29.9 Å². The summed E-state index contributed by atoms with van der Waals surface area (Å²) in [5.74, 6) is 0.959. The highest BCUT2D eigenvalue weighted by Crippen LogP contribution is 2.27. The van der Waals surface area contributed by atoms with E-state index in [9.17, 15) is 0 Å². The minimum absolute atomic E-state index is 0.312. The zero-order chi connectivity index (χ0) is 14.3. The van der Waals surface area contributed by atoms with Gasteiger partial charge in [-0.2, -0.15) is 0 Å². The second-order valence-electron chi connectivity index (χ2n) is 6.12. The quantitative estimate of drug-likeness (QED) is 0.529. The number of hydrogen-bond donors (Lipinski definition) is 1. The van der Waals surface area contributed by atoms with Crippen molar-refractivity contribution in [2.45, 2.75) is 59.9 Å². The Bertz CT molecular complexity index is 391. The maximum absolute atomic E-state index is 4.53. The minimum atomic E-state index is 0.312. The smallest absolute Gasteiger partial charge is 0.203 e. The van der Waals surface area contributed by atoms with Gasteiger partial charge in [0, 0.05) is 19.3 Å². The zero-order valence-corrected chi connectivity index (χ0v) is 13.0. The summed E-state index contributed by atoms with van der Waals surface area (Å²) in [5, 5.41) is 3.31. The first-order valence-corrected chi connectivity index (χ1v) is 7.37. The molecule has 0 amide bonds. The summed E-state index contributed by atoms with van der Waals surface area (Å²) in [6, 6.07) is 0. The van der Waals surface area contributed by atoms with E-state index in [-0.39, 0.29) is 0 Å². The van der Waals surface area contributed by atoms with Crippen molar-refractivity contribution in [3.63, 3.8) is 0 Å². The normalized spacial score (nSPS) is 11.6. The fourth-order valence-corrected chi connectivity index (χ4v) is 2.37. The average molecular weight is 263 g/mol. The molecule has 0 aliphatic carbocycles. The zero-order valence-electron chi connectivity index (χ0n) is 13.0. The molecule has 0 saturated carbocycles. The number of unbranched alkanes of at least 4 members (excludes halogenated alkanes) is 2. The summed E-state index contributed by atoms with van der Waals surface area (Å²) in [6.07, 6.45) is 9.18. The lowest BCUT2D eigenvalue weighted by atomic mass is 9.87. The molecule has 108 valence electrons. The van der Waals surface area contributed by atoms with Crippen molar-refractivity contribution in [2.24, 2.45) is 5.41 Å². The summed E-state index contributed by atoms with van der Waals surface area (Å²) in [7, 11) is 0. The molecule has 0 aliphatic heterocycles. The van der Waals surface area contributed by atoms with Crippen molar-refractivity contribution in [1.29, 1.82) is 0 Å². The molecule has 1 rings (SSSR count). The van der Waals surface area contributed by atoms with Gasteiger partial charge in [0.1, 0.15) is 0 Å². The third-order valence-electron chi connectivity index (χ3n) is 3.36. The Morgan fingerprint density at radius 3 is 2.79 bits per heavy atom. The lowest BCUT2D eigenvalue weighted by molar-refractivity contribution is 0.273. The van der Waals surface area contributed by atoms with Gasteiger partial charge in [-0.05, 0) is 18.8 Å². The minimum Gasteiger partial charge on any atom is -0.352 e. The van der Waals surface area contributed by atoms with Crippen molar-refractivity contribution in [3.05, 3.63) is 24.5 Å². The number of aromatic nitrogens is 2. The van der Waals surface area contributed by atoms with Crippen LogP contribution in [0.25, 0.3) is 0 Å². The van der Waals surface area contributed by atoms with E-state index in [1.165, 1.54) is 25.7 Å². The number of aryl methyl sites for hydroxylation is 1. The maximum atomic E-state index is 4.53. The van der Waals surface area contributed by atoms with Crippen LogP contribution in [0, 0.1) is 12.3 Å². The van der Waals surface area contributed by atoms with E-state index in [1.807, 2.05) is 13.0 Å². The number of imidazole rings is 1. The van der Waals surface area contributed by atoms with Gasteiger partial charge in [0.2, 0.25) is 5.95 Å². The molecule has 0 aromatic carbocycles. The van der Waals surface area contributed by atoms with E-state index in [2.05, 4.69) is 48.4 Å². The highest BCUT2D eigenvalue weighted by molar-refractivity contribution is 5.29. The molecule has 0 fully saturated rings. The molecule has 1 N–H and O–H groups in total. The van der Waals surface area contributed by atoms with Crippen molar-refractivity contribution >= 4 is 5.95 Å². The molecule has 0 atom stereocenters. The van der Waals surface area contributed by atoms with Crippen molar-refractivity contribution < 1.29 is 0 Å². The second kappa shape index (κ2) is 7.37. The summed E-state index contributed by atoms with van der Waals surface area (Å²) in [5.41, 5.74) is 1.38. The molecule has 3 heteroatoms. The van der Waals surface area contributed by atoms with Crippen molar-refractivity contribution in [1.82, 2.24) is 9.55 Å². The van der Waals surface area contributed by atoms with Crippen LogP contribution in [0.1, 0.15) is 52.1 Å². The largest absolute Gasteiger partial charge is 0.352 e. The molecule has 0 bridgehead atoms. The van der Waals surface area contributed by atoms with E-state index in [4.69, 9.17) is 0 Å². The predicted molar refractivity (Wildman–Crippen MR) is 83.6 cm³/mol. The molecule has 0 aliphatic rings. The summed E-state index contributed by atoms with van der Waals surface area (Å²) in [4.78, 5) is 4.53. The van der Waals surface area contributed by atoms with Gasteiger partial charge in [-0.15, -0.1) is 6.58 Å². The van der Waals surface area contributed by atoms with Gasteiger partial charge in [0.05, 0.1) is 5.69 Å². The van der Waals surface area contributed by atoms with Crippen molar-refractivity contribution in [2.75, 3.05) is 11.9 Å². The fraction of sp³-hybridized carbons (Fsp3) is 0.688. The van der Waals surface area contributed by atoms with Gasteiger partial charge in [-0.3, -0.25) is 0 Å². The number of nitrogens with one attached hydrogen (secondary N) is 1. The maximum Gasteiger partial charge on any atom is 0.203 e. The fourth-order valence-electron chi connectivity index (χ4n) is 2.37. The van der Waals surface area contributed by atoms with Crippen LogP contribution in [-0.4, -0.2) is 16.1 Å². The Kier molecular flexibility index (Phi) is 6.13. The van der Waals surface area contributed by atoms with Crippen LogP contribution >= 0.6 is 0 Å². The third kappa shape index (κ3) is 5.50. The molecule has 1 aromatic rings. The summed E-state index contributed by atoms with van der Waals surface area (Å²) >= 11 is 0. The van der Waals surface area contributed by atoms with Crippen LogP contribution < -0.4 is 5.32 Å². The first-order chi connectivity index (χ1) is 8.98. The highest BCUT2D eigenvalue weighted by Gasteiger charge is 2.19. The van der Waals surface area contributed by atoms with E-state index in [0.717, 1.165) is 24.7 Å². The number of rotatable bonds is 9. The molecule has 1 aromatic heterocycles. The average Bonchev–Trinajstić information content (AvgIpc) is 2.66. The lowest BCUT2D eigenvalue weighted by Crippen LogP contribution is -2.21. The van der Waals surface area contributed by atoms with Crippen LogP contribution in [0.2, 0.25) is 0 Å². The van der Waals surface area contributed by atoms with Crippen LogP contribution in [0.5, 0.6) is 0 Å². The van der Waals surface area contributed by atoms with Gasteiger partial charge in [-0.25, -0.2) is 4.98 Å². The predicted octanol–water partition coefficient (Wildman–Crippen LogP) is 4.40. The lowest BCUT2D eigenvalue weighted by Gasteiger charge is -2.26. The Hall–Kier alpha value is -1.25. The Balaban J connectivity index is 2.65. The van der Waals surface area contributed by atoms with E-state index >= 15 is 0 Å². The summed E-state index contributed by atoms with van der Waals surface area (Å²) in [6.45, 7) is 14.5. The van der Waals surface area contributed by atoms with Crippen molar-refractivity contribution in [3.8, 4) is 0 Å². The molecule has 3 nitrogen and oxygen atoms in total. The second-order valence-corrected chi connectivity index (χ2v) is 6.12. The summed E-state index contributed by atoms with van der Waals surface area (Å²) < 4.78 is 2.24. The van der Waals surface area contributed by atoms with E-state index in [0.29, 0.717) is 5.41 Å². The molecule has 0 unspecified atom stereocenters.